The van der Waals surface area contributed by atoms with Gasteiger partial charge in [0.25, 0.3) is 0 Å². The molecule has 0 bridgehead atoms. The Morgan fingerprint density at radius 1 is 1.28 bits per heavy atom. The van der Waals surface area contributed by atoms with Gasteiger partial charge in [-0.25, -0.2) is 9.18 Å². The van der Waals surface area contributed by atoms with E-state index in [4.69, 9.17) is 4.74 Å². The topological polar surface area (TPSA) is 61.8 Å². The maximum Gasteiger partial charge on any atom is 0.333 e. The van der Waals surface area contributed by atoms with Gasteiger partial charge >= 0.3 is 5.97 Å². The number of halogens is 1. The molecule has 3 rings (SSSR count). The van der Waals surface area contributed by atoms with Crippen molar-refractivity contribution in [2.75, 3.05) is 30.4 Å². The third-order valence-corrected chi connectivity index (χ3v) is 5.45. The van der Waals surface area contributed by atoms with Crippen LogP contribution < -0.4 is 10.2 Å². The van der Waals surface area contributed by atoms with E-state index in [0.717, 1.165) is 45.2 Å². The number of ether oxygens (including phenoxy) is 1. The highest BCUT2D eigenvalue weighted by atomic mass is 19.1. The average molecular weight is 350 g/mol. The molecule has 2 N–H and O–H groups in total. The van der Waals surface area contributed by atoms with Gasteiger partial charge in [-0.3, -0.25) is 0 Å². The summed E-state index contributed by atoms with van der Waals surface area (Å²) in [6.45, 7) is 1.81. The van der Waals surface area contributed by atoms with E-state index in [2.05, 4.69) is 10.2 Å². The molecule has 1 aromatic rings. The van der Waals surface area contributed by atoms with Gasteiger partial charge in [0, 0.05) is 37.8 Å². The molecule has 3 unspecified atom stereocenters. The molecule has 0 amide bonds. The highest BCUT2D eigenvalue weighted by Crippen LogP contribution is 2.33. The molecule has 1 aromatic carbocycles. The third kappa shape index (κ3) is 4.06. The zero-order chi connectivity index (χ0) is 17.8. The Kier molecular flexibility index (Phi) is 5.78. The number of hydrogen-bond acceptors (Lipinski definition) is 4. The first-order chi connectivity index (χ1) is 12.1. The van der Waals surface area contributed by atoms with E-state index >= 15 is 0 Å². The summed E-state index contributed by atoms with van der Waals surface area (Å²) in [6, 6.07) is 5.24. The first-order valence-electron chi connectivity index (χ1n) is 9.17. The Morgan fingerprint density at radius 2 is 2.04 bits per heavy atom. The van der Waals surface area contributed by atoms with Gasteiger partial charge in [0.2, 0.25) is 0 Å². The minimum atomic E-state index is -0.937. The quantitative estimate of drug-likeness (QED) is 0.822. The average Bonchev–Trinajstić information content (AvgIpc) is 3.04. The van der Waals surface area contributed by atoms with Gasteiger partial charge in [-0.05, 0) is 50.3 Å². The molecule has 2 fully saturated rings. The van der Waals surface area contributed by atoms with Crippen molar-refractivity contribution in [2.24, 2.45) is 5.92 Å². The lowest BCUT2D eigenvalue weighted by Gasteiger charge is -2.30. The minimum Gasteiger partial charge on any atom is -0.479 e. The molecule has 2 aliphatic rings. The van der Waals surface area contributed by atoms with Crippen LogP contribution in [0.1, 0.15) is 38.5 Å². The largest absolute Gasteiger partial charge is 0.479 e. The Labute approximate surface area is 148 Å². The Morgan fingerprint density at radius 3 is 2.68 bits per heavy atom. The van der Waals surface area contributed by atoms with Crippen molar-refractivity contribution >= 4 is 17.3 Å². The summed E-state index contributed by atoms with van der Waals surface area (Å²) in [5.41, 5.74) is 1.36. The highest BCUT2D eigenvalue weighted by Gasteiger charge is 2.38. The van der Waals surface area contributed by atoms with Crippen LogP contribution in [0, 0.1) is 11.7 Å². The number of hydrogen-bond donors (Lipinski definition) is 2. The van der Waals surface area contributed by atoms with Crippen LogP contribution in [-0.4, -0.2) is 43.4 Å². The summed E-state index contributed by atoms with van der Waals surface area (Å²) >= 11 is 0. The van der Waals surface area contributed by atoms with Crippen LogP contribution in [-0.2, 0) is 9.53 Å². The first kappa shape index (κ1) is 18.0. The van der Waals surface area contributed by atoms with E-state index in [1.54, 1.807) is 0 Å². The van der Waals surface area contributed by atoms with Crippen molar-refractivity contribution in [3.05, 3.63) is 24.0 Å². The molecular weight excluding hydrogens is 323 g/mol. The predicted molar refractivity (Wildman–Crippen MR) is 95.6 cm³/mol. The number of benzene rings is 1. The number of aliphatic carboxylic acids is 1. The van der Waals surface area contributed by atoms with Gasteiger partial charge in [-0.1, -0.05) is 6.42 Å². The second kappa shape index (κ2) is 8.04. The van der Waals surface area contributed by atoms with Crippen LogP contribution in [0.2, 0.25) is 0 Å². The summed E-state index contributed by atoms with van der Waals surface area (Å²) in [5, 5.41) is 12.7. The van der Waals surface area contributed by atoms with Gasteiger partial charge in [0.05, 0.1) is 5.69 Å². The molecule has 3 atom stereocenters. The van der Waals surface area contributed by atoms with Gasteiger partial charge in [-0.2, -0.15) is 0 Å². The molecule has 0 aromatic heterocycles. The van der Waals surface area contributed by atoms with Gasteiger partial charge < -0.3 is 20.1 Å². The Balaban J connectivity index is 1.70. The summed E-state index contributed by atoms with van der Waals surface area (Å²) in [7, 11) is 1.43. The normalized spacial score (nSPS) is 25.0. The van der Waals surface area contributed by atoms with Crippen LogP contribution >= 0.6 is 0 Å². The number of rotatable bonds is 6. The fraction of sp³-hybridized carbons (Fsp3) is 0.632. The Bertz CT molecular complexity index is 604. The van der Waals surface area contributed by atoms with Gasteiger partial charge in [0.1, 0.15) is 5.82 Å². The van der Waals surface area contributed by atoms with E-state index < -0.39 is 12.1 Å². The van der Waals surface area contributed by atoms with Crippen molar-refractivity contribution in [1.29, 1.82) is 0 Å². The maximum absolute atomic E-state index is 14.6. The minimum absolute atomic E-state index is 0.0127. The second-order valence-electron chi connectivity index (χ2n) is 7.05. The number of piperidine rings is 1. The SMILES string of the molecule is COC(C(=O)O)C1CCCC1Nc1ccc(N2CCCCC2)c(F)c1. The third-order valence-electron chi connectivity index (χ3n) is 5.45. The predicted octanol–water partition coefficient (Wildman–Crippen LogP) is 3.50. The number of anilines is 2. The van der Waals surface area contributed by atoms with Crippen molar-refractivity contribution in [2.45, 2.75) is 50.7 Å². The molecule has 1 heterocycles. The number of carboxylic acids is 1. The van der Waals surface area contributed by atoms with Crippen molar-refractivity contribution < 1.29 is 19.0 Å². The van der Waals surface area contributed by atoms with Crippen molar-refractivity contribution in [1.82, 2.24) is 0 Å². The number of nitrogens with one attached hydrogen (secondary N) is 1. The summed E-state index contributed by atoms with van der Waals surface area (Å²) in [4.78, 5) is 13.5. The monoisotopic (exact) mass is 350 g/mol. The Hall–Kier alpha value is -1.82. The maximum atomic E-state index is 14.6. The van der Waals surface area contributed by atoms with E-state index in [1.807, 2.05) is 12.1 Å². The van der Waals surface area contributed by atoms with Crippen molar-refractivity contribution in [3.8, 4) is 0 Å². The number of methoxy groups -OCH3 is 1. The van der Waals surface area contributed by atoms with E-state index in [9.17, 15) is 14.3 Å². The highest BCUT2D eigenvalue weighted by molar-refractivity contribution is 5.73. The molecule has 1 saturated heterocycles. The zero-order valence-corrected chi connectivity index (χ0v) is 14.7. The molecule has 0 spiro atoms. The molecular formula is C19H27FN2O3. The zero-order valence-electron chi connectivity index (χ0n) is 14.7. The van der Waals surface area contributed by atoms with E-state index in [-0.39, 0.29) is 17.8 Å². The molecule has 1 aliphatic heterocycles. The van der Waals surface area contributed by atoms with Crippen LogP contribution in [0.15, 0.2) is 18.2 Å². The van der Waals surface area contributed by atoms with Gasteiger partial charge in [-0.15, -0.1) is 0 Å². The smallest absolute Gasteiger partial charge is 0.333 e. The molecule has 138 valence electrons. The van der Waals surface area contributed by atoms with Crippen LogP contribution in [0.3, 0.4) is 0 Å². The standard InChI is InChI=1S/C19H27FN2O3/c1-25-18(19(23)24)14-6-5-7-16(14)21-13-8-9-17(15(20)12-13)22-10-3-2-4-11-22/h8-9,12,14,16,18,21H,2-7,10-11H2,1H3,(H,23,24). The lowest BCUT2D eigenvalue weighted by atomic mass is 9.96. The molecule has 5 nitrogen and oxygen atoms in total. The second-order valence-corrected chi connectivity index (χ2v) is 7.05. The van der Waals surface area contributed by atoms with E-state index in [0.29, 0.717) is 11.4 Å². The number of carboxylic acid groups (broad SMARTS) is 1. The molecule has 25 heavy (non-hydrogen) atoms. The number of nitrogens with zero attached hydrogens (tertiary/aromatic N) is 1. The van der Waals surface area contributed by atoms with E-state index in [1.165, 1.54) is 19.6 Å². The van der Waals surface area contributed by atoms with Gasteiger partial charge in [0.15, 0.2) is 6.10 Å². The molecule has 1 aliphatic carbocycles. The summed E-state index contributed by atoms with van der Waals surface area (Å²) in [6.07, 6.45) is 5.23. The van der Waals surface area contributed by atoms with Crippen LogP contribution in [0.5, 0.6) is 0 Å². The lowest BCUT2D eigenvalue weighted by molar-refractivity contribution is -0.152. The number of carbonyl (C=O) groups is 1. The fourth-order valence-electron chi connectivity index (χ4n) is 4.19. The summed E-state index contributed by atoms with van der Waals surface area (Å²) in [5.74, 6) is -1.26. The molecule has 1 saturated carbocycles. The van der Waals surface area contributed by atoms with Crippen LogP contribution in [0.25, 0.3) is 0 Å². The van der Waals surface area contributed by atoms with Crippen molar-refractivity contribution in [3.63, 3.8) is 0 Å². The molecule has 0 radical (unpaired) electrons. The lowest BCUT2D eigenvalue weighted by Crippen LogP contribution is -2.39. The first-order valence-corrected chi connectivity index (χ1v) is 9.17. The molecule has 6 heteroatoms. The fourth-order valence-corrected chi connectivity index (χ4v) is 4.19. The van der Waals surface area contributed by atoms with Crippen LogP contribution in [0.4, 0.5) is 15.8 Å². The summed E-state index contributed by atoms with van der Waals surface area (Å²) < 4.78 is 19.7.